The number of hydrogen-bond donors (Lipinski definition) is 1. The SMILES string of the molecule is CC(NC(=O)C1(c2ccc(F)cc2)CCCC1)c1ccc(S(=O)(=O)N(C)C)cc1. The number of sulfonamides is 1. The van der Waals surface area contributed by atoms with Gasteiger partial charge in [-0.25, -0.2) is 17.1 Å². The van der Waals surface area contributed by atoms with Crippen LogP contribution < -0.4 is 5.32 Å². The highest BCUT2D eigenvalue weighted by Gasteiger charge is 2.43. The smallest absolute Gasteiger partial charge is 0.242 e. The number of rotatable bonds is 6. The first-order valence-corrected chi connectivity index (χ1v) is 11.2. The summed E-state index contributed by atoms with van der Waals surface area (Å²) in [6.07, 6.45) is 3.38. The van der Waals surface area contributed by atoms with Gasteiger partial charge in [-0.05, 0) is 55.2 Å². The maximum atomic E-state index is 13.4. The Labute approximate surface area is 172 Å². The van der Waals surface area contributed by atoms with Crippen LogP contribution in [0.3, 0.4) is 0 Å². The lowest BCUT2D eigenvalue weighted by Gasteiger charge is -2.30. The van der Waals surface area contributed by atoms with E-state index in [1.807, 2.05) is 6.92 Å². The van der Waals surface area contributed by atoms with E-state index in [4.69, 9.17) is 0 Å². The second-order valence-corrected chi connectivity index (χ2v) is 10.00. The van der Waals surface area contributed by atoms with Crippen LogP contribution in [0.1, 0.15) is 49.8 Å². The molecule has 0 spiro atoms. The molecule has 29 heavy (non-hydrogen) atoms. The summed E-state index contributed by atoms with van der Waals surface area (Å²) >= 11 is 0. The summed E-state index contributed by atoms with van der Waals surface area (Å²) in [4.78, 5) is 13.5. The maximum absolute atomic E-state index is 13.4. The van der Waals surface area contributed by atoms with Crippen LogP contribution in [-0.2, 0) is 20.2 Å². The number of halogens is 1. The van der Waals surface area contributed by atoms with Gasteiger partial charge < -0.3 is 5.32 Å². The van der Waals surface area contributed by atoms with Crippen molar-refractivity contribution in [3.8, 4) is 0 Å². The zero-order valence-electron chi connectivity index (χ0n) is 17.0. The zero-order valence-corrected chi connectivity index (χ0v) is 17.8. The largest absolute Gasteiger partial charge is 0.349 e. The fourth-order valence-electron chi connectivity index (χ4n) is 3.95. The van der Waals surface area contributed by atoms with E-state index in [1.165, 1.54) is 30.5 Å². The number of hydrogen-bond acceptors (Lipinski definition) is 3. The summed E-state index contributed by atoms with van der Waals surface area (Å²) in [5.41, 5.74) is 1.02. The Morgan fingerprint density at radius 3 is 2.10 bits per heavy atom. The van der Waals surface area contributed by atoms with Gasteiger partial charge in [0.25, 0.3) is 0 Å². The number of carbonyl (C=O) groups excluding carboxylic acids is 1. The Hall–Kier alpha value is -2.25. The van der Waals surface area contributed by atoms with E-state index in [2.05, 4.69) is 5.32 Å². The third-order valence-corrected chi connectivity index (χ3v) is 7.62. The highest BCUT2D eigenvalue weighted by Crippen LogP contribution is 2.41. The molecule has 0 aliphatic heterocycles. The van der Waals surface area contributed by atoms with Gasteiger partial charge in [0, 0.05) is 14.1 Å². The fraction of sp³-hybridized carbons (Fsp3) is 0.409. The lowest BCUT2D eigenvalue weighted by molar-refractivity contribution is -0.127. The van der Waals surface area contributed by atoms with Crippen molar-refractivity contribution in [2.45, 2.75) is 49.0 Å². The third-order valence-electron chi connectivity index (χ3n) is 5.79. The molecule has 0 saturated heterocycles. The predicted octanol–water partition coefficient (Wildman–Crippen LogP) is 3.77. The molecule has 1 fully saturated rings. The summed E-state index contributed by atoms with van der Waals surface area (Å²) < 4.78 is 39.0. The molecule has 1 N–H and O–H groups in total. The summed E-state index contributed by atoms with van der Waals surface area (Å²) in [6, 6.07) is 12.5. The number of nitrogens with zero attached hydrogens (tertiary/aromatic N) is 1. The van der Waals surface area contributed by atoms with Crippen LogP contribution in [0.4, 0.5) is 4.39 Å². The molecular formula is C22H27FN2O3S. The molecule has 5 nitrogen and oxygen atoms in total. The van der Waals surface area contributed by atoms with Crippen LogP contribution in [0, 0.1) is 5.82 Å². The van der Waals surface area contributed by atoms with E-state index in [1.54, 1.807) is 36.4 Å². The number of benzene rings is 2. The normalized spacial score (nSPS) is 17.3. The van der Waals surface area contributed by atoms with Crippen molar-refractivity contribution < 1.29 is 17.6 Å². The van der Waals surface area contributed by atoms with E-state index in [-0.39, 0.29) is 22.7 Å². The van der Waals surface area contributed by atoms with Crippen molar-refractivity contribution in [1.29, 1.82) is 0 Å². The Morgan fingerprint density at radius 1 is 1.03 bits per heavy atom. The van der Waals surface area contributed by atoms with Crippen molar-refractivity contribution in [2.24, 2.45) is 0 Å². The molecule has 1 atom stereocenters. The van der Waals surface area contributed by atoms with Crippen LogP contribution >= 0.6 is 0 Å². The van der Waals surface area contributed by atoms with Crippen LogP contribution in [0.5, 0.6) is 0 Å². The van der Waals surface area contributed by atoms with E-state index in [0.29, 0.717) is 0 Å². The van der Waals surface area contributed by atoms with Crippen molar-refractivity contribution in [1.82, 2.24) is 9.62 Å². The van der Waals surface area contributed by atoms with Crippen molar-refractivity contribution in [2.75, 3.05) is 14.1 Å². The Bertz CT molecular complexity index is 964. The average molecular weight is 419 g/mol. The van der Waals surface area contributed by atoms with Crippen LogP contribution in [-0.4, -0.2) is 32.7 Å². The lowest BCUT2D eigenvalue weighted by Crippen LogP contribution is -2.43. The second kappa shape index (κ2) is 8.24. The molecule has 1 aliphatic carbocycles. The summed E-state index contributed by atoms with van der Waals surface area (Å²) in [5.74, 6) is -0.387. The Kier molecular flexibility index (Phi) is 6.10. The number of amides is 1. The van der Waals surface area contributed by atoms with Gasteiger partial charge in [-0.15, -0.1) is 0 Å². The van der Waals surface area contributed by atoms with E-state index in [9.17, 15) is 17.6 Å². The molecule has 1 saturated carbocycles. The van der Waals surface area contributed by atoms with Crippen LogP contribution in [0.15, 0.2) is 53.4 Å². The van der Waals surface area contributed by atoms with Gasteiger partial charge in [-0.1, -0.05) is 37.1 Å². The molecule has 2 aromatic carbocycles. The first kappa shape index (κ1) is 21.5. The first-order valence-electron chi connectivity index (χ1n) is 9.76. The molecular weight excluding hydrogens is 391 g/mol. The quantitative estimate of drug-likeness (QED) is 0.777. The van der Waals surface area contributed by atoms with Gasteiger partial charge in [-0.2, -0.15) is 0 Å². The zero-order chi connectivity index (χ0) is 21.2. The molecule has 0 bridgehead atoms. The summed E-state index contributed by atoms with van der Waals surface area (Å²) in [5, 5.41) is 3.08. The van der Waals surface area contributed by atoms with Crippen molar-refractivity contribution >= 4 is 15.9 Å². The highest BCUT2D eigenvalue weighted by molar-refractivity contribution is 7.89. The van der Waals surface area contributed by atoms with Crippen LogP contribution in [0.2, 0.25) is 0 Å². The molecule has 3 rings (SSSR count). The van der Waals surface area contributed by atoms with Gasteiger partial charge in [0.1, 0.15) is 5.82 Å². The Balaban J connectivity index is 1.79. The molecule has 0 radical (unpaired) electrons. The first-order chi connectivity index (χ1) is 13.7. The van der Waals surface area contributed by atoms with Gasteiger partial charge in [0.15, 0.2) is 0 Å². The van der Waals surface area contributed by atoms with Gasteiger partial charge in [0.2, 0.25) is 15.9 Å². The highest BCUT2D eigenvalue weighted by atomic mass is 32.2. The summed E-state index contributed by atoms with van der Waals surface area (Å²) in [7, 11) is -0.512. The van der Waals surface area contributed by atoms with E-state index < -0.39 is 15.4 Å². The predicted molar refractivity (Wildman–Crippen MR) is 110 cm³/mol. The third kappa shape index (κ3) is 4.21. The standard InChI is InChI=1S/C22H27FN2O3S/c1-16(17-6-12-20(13-7-17)29(27,28)25(2)3)24-21(26)22(14-4-5-15-22)18-8-10-19(23)11-9-18/h6-13,16H,4-5,14-15H2,1-3H3,(H,24,26). The topological polar surface area (TPSA) is 66.5 Å². The molecule has 1 unspecified atom stereocenters. The van der Waals surface area contributed by atoms with Gasteiger partial charge in [0.05, 0.1) is 16.4 Å². The minimum atomic E-state index is -3.49. The lowest BCUT2D eigenvalue weighted by atomic mass is 9.77. The molecule has 1 aliphatic rings. The van der Waals surface area contributed by atoms with E-state index >= 15 is 0 Å². The van der Waals surface area contributed by atoms with Gasteiger partial charge >= 0.3 is 0 Å². The molecule has 2 aromatic rings. The minimum Gasteiger partial charge on any atom is -0.349 e. The molecule has 1 amide bonds. The molecule has 0 aromatic heterocycles. The minimum absolute atomic E-state index is 0.0703. The fourth-order valence-corrected chi connectivity index (χ4v) is 4.85. The van der Waals surface area contributed by atoms with E-state index in [0.717, 1.165) is 36.8 Å². The number of nitrogens with one attached hydrogen (secondary N) is 1. The monoisotopic (exact) mass is 418 g/mol. The molecule has 156 valence electrons. The average Bonchev–Trinajstić information content (AvgIpc) is 3.19. The molecule has 0 heterocycles. The molecule has 7 heteroatoms. The maximum Gasteiger partial charge on any atom is 0.242 e. The van der Waals surface area contributed by atoms with Crippen LogP contribution in [0.25, 0.3) is 0 Å². The van der Waals surface area contributed by atoms with Crippen molar-refractivity contribution in [3.05, 3.63) is 65.5 Å². The summed E-state index contributed by atoms with van der Waals surface area (Å²) in [6.45, 7) is 1.88. The van der Waals surface area contributed by atoms with Gasteiger partial charge in [-0.3, -0.25) is 4.79 Å². The van der Waals surface area contributed by atoms with Crippen molar-refractivity contribution in [3.63, 3.8) is 0 Å². The number of carbonyl (C=O) groups is 1. The Morgan fingerprint density at radius 2 is 1.59 bits per heavy atom. The second-order valence-electron chi connectivity index (χ2n) is 7.85.